The highest BCUT2D eigenvalue weighted by Crippen LogP contribution is 2.17. The highest BCUT2D eigenvalue weighted by molar-refractivity contribution is 7.91. The largest absolute Gasteiger partial charge is 0.349 e. The quantitative estimate of drug-likeness (QED) is 0.901. The minimum Gasteiger partial charge on any atom is -0.349 e. The Morgan fingerprint density at radius 1 is 1.21 bits per heavy atom. The van der Waals surface area contributed by atoms with Crippen LogP contribution in [0.15, 0.2) is 29.2 Å². The lowest BCUT2D eigenvalue weighted by Gasteiger charge is -2.18. The molecule has 0 aromatic heterocycles. The molecule has 0 aliphatic heterocycles. The number of hydrogen-bond donors (Lipinski definition) is 1. The highest BCUT2D eigenvalue weighted by Gasteiger charge is 2.21. The molecule has 0 bridgehead atoms. The van der Waals surface area contributed by atoms with E-state index in [4.69, 9.17) is 0 Å². The molecule has 106 valence electrons. The first-order valence-corrected chi connectivity index (χ1v) is 8.07. The Morgan fingerprint density at radius 3 is 2.32 bits per heavy atom. The summed E-state index contributed by atoms with van der Waals surface area (Å²) in [5, 5.41) is 2.83. The molecule has 4 nitrogen and oxygen atoms in total. The fourth-order valence-electron chi connectivity index (χ4n) is 1.53. The van der Waals surface area contributed by atoms with E-state index in [2.05, 4.69) is 5.32 Å². The van der Waals surface area contributed by atoms with Gasteiger partial charge in [-0.1, -0.05) is 32.9 Å². The molecule has 1 rings (SSSR count). The minimum atomic E-state index is -3.39. The monoisotopic (exact) mass is 283 g/mol. The van der Waals surface area contributed by atoms with Gasteiger partial charge in [-0.15, -0.1) is 0 Å². The number of benzene rings is 1. The van der Waals surface area contributed by atoms with Crippen molar-refractivity contribution in [1.29, 1.82) is 0 Å². The van der Waals surface area contributed by atoms with Gasteiger partial charge in [-0.2, -0.15) is 0 Å². The van der Waals surface area contributed by atoms with Gasteiger partial charge in [0.1, 0.15) is 0 Å². The van der Waals surface area contributed by atoms with Gasteiger partial charge in [0.05, 0.1) is 16.2 Å². The molecule has 1 amide bonds. The molecular formula is C14H21NO3S. The second-order valence-electron chi connectivity index (χ2n) is 4.91. The van der Waals surface area contributed by atoms with Crippen molar-refractivity contribution < 1.29 is 13.2 Å². The zero-order chi connectivity index (χ0) is 14.6. The first kappa shape index (κ1) is 15.7. The second-order valence-corrected chi connectivity index (χ2v) is 7.15. The lowest BCUT2D eigenvalue weighted by Crippen LogP contribution is -2.36. The van der Waals surface area contributed by atoms with Crippen LogP contribution in [-0.2, 0) is 9.84 Å². The minimum absolute atomic E-state index is 0.00936. The smallest absolute Gasteiger partial charge is 0.252 e. The Hall–Kier alpha value is -1.36. The van der Waals surface area contributed by atoms with Crippen LogP contribution in [-0.4, -0.2) is 26.1 Å². The fraction of sp³-hybridized carbons (Fsp3) is 0.500. The van der Waals surface area contributed by atoms with Crippen molar-refractivity contribution >= 4 is 15.7 Å². The molecule has 0 aliphatic rings. The van der Waals surface area contributed by atoms with Gasteiger partial charge in [0.2, 0.25) is 0 Å². The SMILES string of the molecule is CCS(=O)(=O)c1ccccc1C(=O)NC(C)C(C)C. The molecule has 19 heavy (non-hydrogen) atoms. The van der Waals surface area contributed by atoms with Crippen LogP contribution in [0.25, 0.3) is 0 Å². The van der Waals surface area contributed by atoms with Crippen molar-refractivity contribution in [3.05, 3.63) is 29.8 Å². The molecule has 0 radical (unpaired) electrons. The van der Waals surface area contributed by atoms with Crippen molar-refractivity contribution in [2.45, 2.75) is 38.6 Å². The van der Waals surface area contributed by atoms with Crippen LogP contribution in [0.2, 0.25) is 0 Å². The van der Waals surface area contributed by atoms with Gasteiger partial charge in [-0.25, -0.2) is 8.42 Å². The molecule has 0 saturated heterocycles. The average molecular weight is 283 g/mol. The van der Waals surface area contributed by atoms with E-state index in [1.807, 2.05) is 20.8 Å². The Kier molecular flexibility index (Phi) is 5.11. The van der Waals surface area contributed by atoms with E-state index in [9.17, 15) is 13.2 Å². The number of nitrogens with one attached hydrogen (secondary N) is 1. The molecule has 0 spiro atoms. The van der Waals surface area contributed by atoms with E-state index >= 15 is 0 Å². The summed E-state index contributed by atoms with van der Waals surface area (Å²) >= 11 is 0. The molecule has 0 heterocycles. The van der Waals surface area contributed by atoms with Crippen molar-refractivity contribution in [1.82, 2.24) is 5.32 Å². The third-order valence-electron chi connectivity index (χ3n) is 3.21. The molecule has 1 aromatic carbocycles. The predicted molar refractivity (Wildman–Crippen MR) is 75.9 cm³/mol. The molecule has 1 aromatic rings. The van der Waals surface area contributed by atoms with E-state index in [0.29, 0.717) is 5.92 Å². The van der Waals surface area contributed by atoms with E-state index in [1.165, 1.54) is 6.07 Å². The van der Waals surface area contributed by atoms with Gasteiger partial charge in [0.25, 0.3) is 5.91 Å². The van der Waals surface area contributed by atoms with Crippen LogP contribution in [0.5, 0.6) is 0 Å². The van der Waals surface area contributed by atoms with Gasteiger partial charge in [-0.05, 0) is 25.0 Å². The second kappa shape index (κ2) is 6.19. The molecule has 0 fully saturated rings. The molecule has 5 heteroatoms. The van der Waals surface area contributed by atoms with E-state index in [1.54, 1.807) is 25.1 Å². The maximum atomic E-state index is 12.2. The topological polar surface area (TPSA) is 63.2 Å². The molecular weight excluding hydrogens is 262 g/mol. The molecule has 1 N–H and O–H groups in total. The van der Waals surface area contributed by atoms with Crippen LogP contribution in [0.3, 0.4) is 0 Å². The summed E-state index contributed by atoms with van der Waals surface area (Å²) in [4.78, 5) is 12.3. The van der Waals surface area contributed by atoms with Crippen LogP contribution in [0, 0.1) is 5.92 Å². The molecule has 0 saturated carbocycles. The first-order chi connectivity index (χ1) is 8.79. The van der Waals surface area contributed by atoms with Crippen molar-refractivity contribution in [2.75, 3.05) is 5.75 Å². The average Bonchev–Trinajstić information content (AvgIpc) is 2.38. The third kappa shape index (κ3) is 3.80. The number of carbonyl (C=O) groups excluding carboxylic acids is 1. The number of amides is 1. The number of rotatable bonds is 5. The van der Waals surface area contributed by atoms with Crippen LogP contribution < -0.4 is 5.32 Å². The van der Waals surface area contributed by atoms with Gasteiger partial charge in [-0.3, -0.25) is 4.79 Å². The van der Waals surface area contributed by atoms with E-state index < -0.39 is 9.84 Å². The number of carbonyl (C=O) groups is 1. The Morgan fingerprint density at radius 2 is 1.79 bits per heavy atom. The van der Waals surface area contributed by atoms with Crippen molar-refractivity contribution in [2.24, 2.45) is 5.92 Å². The Balaban J connectivity index is 3.12. The zero-order valence-corrected chi connectivity index (χ0v) is 12.6. The van der Waals surface area contributed by atoms with Crippen molar-refractivity contribution in [3.8, 4) is 0 Å². The van der Waals surface area contributed by atoms with E-state index in [-0.39, 0.29) is 28.2 Å². The summed E-state index contributed by atoms with van der Waals surface area (Å²) < 4.78 is 23.9. The summed E-state index contributed by atoms with van der Waals surface area (Å²) in [6.45, 7) is 7.47. The summed E-state index contributed by atoms with van der Waals surface area (Å²) in [6, 6.07) is 6.32. The van der Waals surface area contributed by atoms with Gasteiger partial charge >= 0.3 is 0 Å². The first-order valence-electron chi connectivity index (χ1n) is 6.42. The summed E-state index contributed by atoms with van der Waals surface area (Å²) in [5.74, 6) is -0.0652. The van der Waals surface area contributed by atoms with Crippen LogP contribution in [0.1, 0.15) is 38.1 Å². The summed E-state index contributed by atoms with van der Waals surface area (Å²) in [7, 11) is -3.39. The van der Waals surface area contributed by atoms with Crippen LogP contribution >= 0.6 is 0 Å². The summed E-state index contributed by atoms with van der Waals surface area (Å²) in [5.41, 5.74) is 0.219. The maximum Gasteiger partial charge on any atom is 0.252 e. The van der Waals surface area contributed by atoms with Gasteiger partial charge in [0.15, 0.2) is 9.84 Å². The van der Waals surface area contributed by atoms with Gasteiger partial charge in [0, 0.05) is 6.04 Å². The third-order valence-corrected chi connectivity index (χ3v) is 4.99. The Labute approximate surface area is 115 Å². The molecule has 1 unspecified atom stereocenters. The lowest BCUT2D eigenvalue weighted by molar-refractivity contribution is 0.0927. The maximum absolute atomic E-state index is 12.2. The normalized spacial score (nSPS) is 13.3. The molecule has 1 atom stereocenters. The van der Waals surface area contributed by atoms with Gasteiger partial charge < -0.3 is 5.32 Å². The van der Waals surface area contributed by atoms with E-state index in [0.717, 1.165) is 0 Å². The number of hydrogen-bond acceptors (Lipinski definition) is 3. The predicted octanol–water partition coefficient (Wildman–Crippen LogP) is 2.25. The number of sulfone groups is 1. The summed E-state index contributed by atoms with van der Waals surface area (Å²) in [6.07, 6.45) is 0. The highest BCUT2D eigenvalue weighted by atomic mass is 32.2. The lowest BCUT2D eigenvalue weighted by atomic mass is 10.1. The van der Waals surface area contributed by atoms with Crippen LogP contribution in [0.4, 0.5) is 0 Å². The fourth-order valence-corrected chi connectivity index (χ4v) is 2.62. The molecule has 0 aliphatic carbocycles. The Bertz CT molecular complexity index is 550. The standard InChI is InChI=1S/C14H21NO3S/c1-5-19(17,18)13-9-7-6-8-12(13)14(16)15-11(4)10(2)3/h6-11H,5H2,1-4H3,(H,15,16). The zero-order valence-electron chi connectivity index (χ0n) is 11.8. The van der Waals surface area contributed by atoms with Crippen molar-refractivity contribution in [3.63, 3.8) is 0 Å².